The maximum absolute atomic E-state index is 12.1. The van der Waals surface area contributed by atoms with Gasteiger partial charge in [-0.2, -0.15) is 0 Å². The van der Waals surface area contributed by atoms with E-state index in [1.807, 2.05) is 13.8 Å². The molecule has 7 nitrogen and oxygen atoms in total. The zero-order valence-corrected chi connectivity index (χ0v) is 14.7. The van der Waals surface area contributed by atoms with Crippen molar-refractivity contribution in [3.05, 3.63) is 59.7 Å². The first-order valence-electron chi connectivity index (χ1n) is 8.19. The van der Waals surface area contributed by atoms with Crippen molar-refractivity contribution in [2.45, 2.75) is 19.9 Å². The van der Waals surface area contributed by atoms with Gasteiger partial charge in [-0.15, -0.1) is 0 Å². The molecule has 26 heavy (non-hydrogen) atoms. The van der Waals surface area contributed by atoms with Gasteiger partial charge < -0.3 is 21.7 Å². The molecule has 0 bridgehead atoms. The van der Waals surface area contributed by atoms with E-state index in [9.17, 15) is 14.4 Å². The number of nitrogens with one attached hydrogen (secondary N) is 3. The molecule has 0 fully saturated rings. The van der Waals surface area contributed by atoms with Crippen molar-refractivity contribution in [2.75, 3.05) is 17.2 Å². The Morgan fingerprint density at radius 3 is 2.23 bits per heavy atom. The fourth-order valence-corrected chi connectivity index (χ4v) is 2.25. The van der Waals surface area contributed by atoms with Crippen LogP contribution in [-0.4, -0.2) is 30.3 Å². The minimum Gasteiger partial charge on any atom is -0.376 e. The van der Waals surface area contributed by atoms with Crippen LogP contribution in [0.4, 0.5) is 11.4 Å². The van der Waals surface area contributed by atoms with Gasteiger partial charge >= 0.3 is 0 Å². The highest BCUT2D eigenvalue weighted by Gasteiger charge is 2.09. The van der Waals surface area contributed by atoms with Gasteiger partial charge in [-0.1, -0.05) is 12.1 Å². The highest BCUT2D eigenvalue weighted by Crippen LogP contribution is 2.12. The maximum atomic E-state index is 12.1. The third-order valence-electron chi connectivity index (χ3n) is 3.43. The van der Waals surface area contributed by atoms with E-state index in [4.69, 9.17) is 5.73 Å². The van der Waals surface area contributed by atoms with Gasteiger partial charge in [0.15, 0.2) is 0 Å². The summed E-state index contributed by atoms with van der Waals surface area (Å²) in [5.74, 6) is -1.01. The van der Waals surface area contributed by atoms with Gasteiger partial charge in [-0.05, 0) is 50.2 Å². The van der Waals surface area contributed by atoms with Crippen LogP contribution in [0.2, 0.25) is 0 Å². The van der Waals surface area contributed by atoms with Crippen LogP contribution >= 0.6 is 0 Å². The van der Waals surface area contributed by atoms with Crippen LogP contribution in [0, 0.1) is 0 Å². The van der Waals surface area contributed by atoms with E-state index in [0.29, 0.717) is 22.5 Å². The minimum atomic E-state index is -0.533. The molecule has 0 heterocycles. The van der Waals surface area contributed by atoms with Gasteiger partial charge in [-0.3, -0.25) is 14.4 Å². The first kappa shape index (κ1) is 19.0. The lowest BCUT2D eigenvalue weighted by Crippen LogP contribution is -2.30. The Kier molecular flexibility index (Phi) is 6.32. The summed E-state index contributed by atoms with van der Waals surface area (Å²) in [5, 5.41) is 8.45. The number of carbonyl (C=O) groups is 3. The number of nitrogens with two attached hydrogens (primary N) is 1. The first-order valence-corrected chi connectivity index (χ1v) is 8.19. The largest absolute Gasteiger partial charge is 0.376 e. The fourth-order valence-electron chi connectivity index (χ4n) is 2.25. The van der Waals surface area contributed by atoms with Gasteiger partial charge in [0.1, 0.15) is 0 Å². The number of hydrogen-bond donors (Lipinski definition) is 4. The molecule has 0 saturated carbocycles. The van der Waals surface area contributed by atoms with Crippen molar-refractivity contribution >= 4 is 29.1 Å². The predicted molar refractivity (Wildman–Crippen MR) is 101 cm³/mol. The van der Waals surface area contributed by atoms with E-state index in [1.54, 1.807) is 48.5 Å². The van der Waals surface area contributed by atoms with Gasteiger partial charge in [0, 0.05) is 28.5 Å². The highest BCUT2D eigenvalue weighted by molar-refractivity contribution is 5.98. The summed E-state index contributed by atoms with van der Waals surface area (Å²) in [5.41, 5.74) is 7.20. The molecule has 136 valence electrons. The summed E-state index contributed by atoms with van der Waals surface area (Å²) in [6.07, 6.45) is 0. The van der Waals surface area contributed by atoms with Crippen LogP contribution in [0.5, 0.6) is 0 Å². The maximum Gasteiger partial charge on any atom is 0.251 e. The molecule has 2 aromatic carbocycles. The van der Waals surface area contributed by atoms with Crippen LogP contribution < -0.4 is 21.7 Å². The lowest BCUT2D eigenvalue weighted by molar-refractivity contribution is -0.114. The molecule has 0 spiro atoms. The van der Waals surface area contributed by atoms with E-state index >= 15 is 0 Å². The molecule has 7 heteroatoms. The molecule has 0 aliphatic heterocycles. The fraction of sp³-hybridized carbons (Fsp3) is 0.211. The third-order valence-corrected chi connectivity index (χ3v) is 3.43. The van der Waals surface area contributed by atoms with Crippen molar-refractivity contribution in [1.29, 1.82) is 0 Å². The predicted octanol–water partition coefficient (Wildman–Crippen LogP) is 1.97. The molecule has 5 N–H and O–H groups in total. The average molecular weight is 354 g/mol. The highest BCUT2D eigenvalue weighted by atomic mass is 16.2. The smallest absolute Gasteiger partial charge is 0.251 e. The van der Waals surface area contributed by atoms with E-state index in [1.165, 1.54) is 0 Å². The lowest BCUT2D eigenvalue weighted by atomic mass is 10.1. The first-order chi connectivity index (χ1) is 12.3. The molecule has 0 aliphatic rings. The number of amides is 3. The van der Waals surface area contributed by atoms with Gasteiger partial charge in [0.25, 0.3) is 5.91 Å². The topological polar surface area (TPSA) is 113 Å². The molecule has 2 rings (SSSR count). The third kappa shape index (κ3) is 5.62. The number of hydrogen-bond acceptors (Lipinski definition) is 4. The normalized spacial score (nSPS) is 10.3. The standard InChI is InChI=1S/C19H22N4O3/c1-12(2)22-19(26)14-6-4-8-16(10-14)23-17(24)11-21-15-7-3-5-13(9-15)18(20)25/h3-10,12,21H,11H2,1-2H3,(H2,20,25)(H,22,26)(H,23,24). The summed E-state index contributed by atoms with van der Waals surface area (Å²) >= 11 is 0. The number of anilines is 2. The average Bonchev–Trinajstić information content (AvgIpc) is 2.60. The molecule has 3 amide bonds. The molecule has 0 aromatic heterocycles. The van der Waals surface area contributed by atoms with E-state index in [2.05, 4.69) is 16.0 Å². The van der Waals surface area contributed by atoms with Crippen LogP contribution in [0.25, 0.3) is 0 Å². The zero-order valence-electron chi connectivity index (χ0n) is 14.7. The van der Waals surface area contributed by atoms with Crippen LogP contribution in [-0.2, 0) is 4.79 Å². The number of carbonyl (C=O) groups excluding carboxylic acids is 3. The Morgan fingerprint density at radius 1 is 0.962 bits per heavy atom. The Balaban J connectivity index is 1.94. The summed E-state index contributed by atoms with van der Waals surface area (Å²) in [7, 11) is 0. The van der Waals surface area contributed by atoms with E-state index in [0.717, 1.165) is 0 Å². The Bertz CT molecular complexity index is 818. The molecular formula is C19H22N4O3. The minimum absolute atomic E-state index is 0.00460. The van der Waals surface area contributed by atoms with Crippen LogP contribution in [0.3, 0.4) is 0 Å². The van der Waals surface area contributed by atoms with Crippen molar-refractivity contribution in [2.24, 2.45) is 5.73 Å². The molecule has 2 aromatic rings. The number of benzene rings is 2. The molecule has 0 radical (unpaired) electrons. The molecular weight excluding hydrogens is 332 g/mol. The monoisotopic (exact) mass is 354 g/mol. The Morgan fingerprint density at radius 2 is 1.58 bits per heavy atom. The van der Waals surface area contributed by atoms with Gasteiger partial charge in [-0.25, -0.2) is 0 Å². The van der Waals surface area contributed by atoms with E-state index in [-0.39, 0.29) is 24.4 Å². The quantitative estimate of drug-likeness (QED) is 0.609. The van der Waals surface area contributed by atoms with Crippen molar-refractivity contribution in [3.63, 3.8) is 0 Å². The lowest BCUT2D eigenvalue weighted by Gasteiger charge is -2.11. The molecule has 0 atom stereocenters. The SMILES string of the molecule is CC(C)NC(=O)c1cccc(NC(=O)CNc2cccc(C(N)=O)c2)c1. The second-order valence-electron chi connectivity index (χ2n) is 6.06. The van der Waals surface area contributed by atoms with Crippen LogP contribution in [0.15, 0.2) is 48.5 Å². The molecule has 0 unspecified atom stereocenters. The van der Waals surface area contributed by atoms with E-state index < -0.39 is 5.91 Å². The molecule has 0 aliphatic carbocycles. The van der Waals surface area contributed by atoms with Crippen molar-refractivity contribution in [3.8, 4) is 0 Å². The van der Waals surface area contributed by atoms with Crippen LogP contribution in [0.1, 0.15) is 34.6 Å². The zero-order chi connectivity index (χ0) is 19.1. The van der Waals surface area contributed by atoms with Gasteiger partial charge in [0.05, 0.1) is 6.54 Å². The summed E-state index contributed by atoms with van der Waals surface area (Å²) < 4.78 is 0. The Labute approximate surface area is 152 Å². The van der Waals surface area contributed by atoms with Gasteiger partial charge in [0.2, 0.25) is 11.8 Å². The second-order valence-corrected chi connectivity index (χ2v) is 6.06. The Hall–Kier alpha value is -3.35. The summed E-state index contributed by atoms with van der Waals surface area (Å²) in [4.78, 5) is 35.3. The summed E-state index contributed by atoms with van der Waals surface area (Å²) in [6.45, 7) is 3.76. The number of rotatable bonds is 7. The van der Waals surface area contributed by atoms with Crippen molar-refractivity contribution < 1.29 is 14.4 Å². The number of primary amides is 1. The van der Waals surface area contributed by atoms with Crippen molar-refractivity contribution in [1.82, 2.24) is 5.32 Å². The molecule has 0 saturated heterocycles. The second kappa shape index (κ2) is 8.66. The summed E-state index contributed by atoms with van der Waals surface area (Å²) in [6, 6.07) is 13.3.